The minimum atomic E-state index is -3.70. The Hall–Kier alpha value is -1.86. The lowest BCUT2D eigenvalue weighted by molar-refractivity contribution is 0.281. The number of hydrogen-bond acceptors (Lipinski definition) is 4. The van der Waals surface area contributed by atoms with Crippen molar-refractivity contribution < 1.29 is 13.5 Å². The van der Waals surface area contributed by atoms with E-state index < -0.39 is 10.0 Å². The molecule has 2 N–H and O–H groups in total. The molecular weight excluding hydrogens is 290 g/mol. The van der Waals surface area contributed by atoms with Crippen LogP contribution in [0.2, 0.25) is 0 Å². The zero-order valence-electron chi connectivity index (χ0n) is 12.3. The fourth-order valence-electron chi connectivity index (χ4n) is 2.07. The van der Waals surface area contributed by atoms with Gasteiger partial charge < -0.3 is 5.11 Å². The van der Waals surface area contributed by atoms with Gasteiger partial charge in [-0.2, -0.15) is 5.10 Å². The minimum absolute atomic E-state index is 0.128. The first kappa shape index (κ1) is 15.5. The third-order valence-corrected chi connectivity index (χ3v) is 4.65. The van der Waals surface area contributed by atoms with Crippen LogP contribution >= 0.6 is 0 Å². The van der Waals surface area contributed by atoms with E-state index in [9.17, 15) is 13.5 Å². The summed E-state index contributed by atoms with van der Waals surface area (Å²) in [5.41, 5.74) is 2.62. The summed E-state index contributed by atoms with van der Waals surface area (Å²) in [5.74, 6) is 0. The summed E-state index contributed by atoms with van der Waals surface area (Å²) in [5, 5.41) is 13.5. The molecule has 1 heterocycles. The van der Waals surface area contributed by atoms with E-state index in [-0.39, 0.29) is 11.5 Å². The highest BCUT2D eigenvalue weighted by atomic mass is 32.2. The van der Waals surface area contributed by atoms with E-state index >= 15 is 0 Å². The molecule has 21 heavy (non-hydrogen) atoms. The second-order valence-electron chi connectivity index (χ2n) is 4.87. The Labute approximate surface area is 124 Å². The lowest BCUT2D eigenvalue weighted by Crippen LogP contribution is -2.14. The normalized spacial score (nSPS) is 11.6. The van der Waals surface area contributed by atoms with Gasteiger partial charge in [-0.05, 0) is 36.6 Å². The number of aliphatic hydroxyl groups is 1. The number of sulfonamides is 1. The Kier molecular flexibility index (Phi) is 4.34. The molecule has 0 saturated heterocycles. The van der Waals surface area contributed by atoms with Crippen molar-refractivity contribution in [1.29, 1.82) is 0 Å². The molecule has 0 aliphatic heterocycles. The summed E-state index contributed by atoms with van der Waals surface area (Å²) in [6, 6.07) is 4.70. The predicted molar refractivity (Wildman–Crippen MR) is 80.5 cm³/mol. The smallest absolute Gasteiger partial charge is 0.262 e. The monoisotopic (exact) mass is 309 g/mol. The van der Waals surface area contributed by atoms with Gasteiger partial charge in [0.2, 0.25) is 0 Å². The van der Waals surface area contributed by atoms with E-state index in [4.69, 9.17) is 0 Å². The number of nitrogens with one attached hydrogen (secondary N) is 1. The number of aromatic nitrogens is 2. The number of aryl methyl sites for hydroxylation is 3. The molecule has 0 fully saturated rings. The maximum atomic E-state index is 12.4. The molecule has 1 aromatic carbocycles. The van der Waals surface area contributed by atoms with Gasteiger partial charge in [-0.25, -0.2) is 8.42 Å². The fraction of sp³-hybridized carbons (Fsp3) is 0.357. The maximum Gasteiger partial charge on any atom is 0.262 e. The van der Waals surface area contributed by atoms with Gasteiger partial charge in [-0.1, -0.05) is 13.0 Å². The van der Waals surface area contributed by atoms with Gasteiger partial charge in [0.15, 0.2) is 0 Å². The van der Waals surface area contributed by atoms with E-state index in [0.717, 1.165) is 5.56 Å². The van der Waals surface area contributed by atoms with Gasteiger partial charge in [-0.15, -0.1) is 0 Å². The first-order valence-corrected chi connectivity index (χ1v) is 8.11. The lowest BCUT2D eigenvalue weighted by atomic mass is 10.1. The first-order chi connectivity index (χ1) is 9.87. The molecule has 0 aliphatic rings. The van der Waals surface area contributed by atoms with Gasteiger partial charge >= 0.3 is 0 Å². The number of hydrogen-bond donors (Lipinski definition) is 2. The van der Waals surface area contributed by atoms with E-state index in [2.05, 4.69) is 9.82 Å². The van der Waals surface area contributed by atoms with Crippen LogP contribution in [0.3, 0.4) is 0 Å². The van der Waals surface area contributed by atoms with E-state index in [1.54, 1.807) is 24.0 Å². The zero-order valence-corrected chi connectivity index (χ0v) is 13.1. The molecule has 0 amide bonds. The van der Waals surface area contributed by atoms with Gasteiger partial charge in [0.1, 0.15) is 0 Å². The predicted octanol–water partition coefficient (Wildman–Crippen LogP) is 1.58. The standard InChI is InChI=1S/C14H19N3O3S/c1-4-13-14(8-17(3)15-13)16-21(19,20)12-6-5-10(2)11(7-12)9-18/h5-8,16,18H,4,9H2,1-3H3. The molecule has 0 aliphatic carbocycles. The van der Waals surface area contributed by atoms with Crippen LogP contribution in [0.5, 0.6) is 0 Å². The van der Waals surface area contributed by atoms with Crippen molar-refractivity contribution in [2.75, 3.05) is 4.72 Å². The van der Waals surface area contributed by atoms with Gasteiger partial charge in [0.05, 0.1) is 22.9 Å². The molecule has 0 radical (unpaired) electrons. The van der Waals surface area contributed by atoms with Gasteiger partial charge in [0, 0.05) is 13.2 Å². The molecule has 114 valence electrons. The SMILES string of the molecule is CCc1nn(C)cc1NS(=O)(=O)c1ccc(C)c(CO)c1. The van der Waals surface area contributed by atoms with Crippen LogP contribution in [0.25, 0.3) is 0 Å². The van der Waals surface area contributed by atoms with Crippen molar-refractivity contribution in [2.45, 2.75) is 31.8 Å². The van der Waals surface area contributed by atoms with Crippen LogP contribution in [0.4, 0.5) is 5.69 Å². The Bertz CT molecular complexity index is 751. The number of aliphatic hydroxyl groups excluding tert-OH is 1. The van der Waals surface area contributed by atoms with Crippen LogP contribution < -0.4 is 4.72 Å². The summed E-state index contributed by atoms with van der Waals surface area (Å²) in [6.07, 6.45) is 2.27. The average Bonchev–Trinajstić information content (AvgIpc) is 2.78. The van der Waals surface area contributed by atoms with Gasteiger partial charge in [0.25, 0.3) is 10.0 Å². The Morgan fingerprint density at radius 3 is 2.71 bits per heavy atom. The molecule has 6 nitrogen and oxygen atoms in total. The Morgan fingerprint density at radius 2 is 2.10 bits per heavy atom. The number of rotatable bonds is 5. The summed E-state index contributed by atoms with van der Waals surface area (Å²) >= 11 is 0. The van der Waals surface area contributed by atoms with Crippen LogP contribution in [-0.4, -0.2) is 23.3 Å². The van der Waals surface area contributed by atoms with Crippen LogP contribution in [0, 0.1) is 6.92 Å². The molecule has 1 aromatic heterocycles. The van der Waals surface area contributed by atoms with Crippen molar-refractivity contribution >= 4 is 15.7 Å². The van der Waals surface area contributed by atoms with Gasteiger partial charge in [-0.3, -0.25) is 9.40 Å². The van der Waals surface area contributed by atoms with Crippen molar-refractivity contribution in [3.63, 3.8) is 0 Å². The van der Waals surface area contributed by atoms with Crippen LogP contribution in [-0.2, 0) is 30.1 Å². The highest BCUT2D eigenvalue weighted by molar-refractivity contribution is 7.92. The Balaban J connectivity index is 2.38. The van der Waals surface area contributed by atoms with E-state index in [0.29, 0.717) is 23.4 Å². The Morgan fingerprint density at radius 1 is 1.38 bits per heavy atom. The molecule has 0 saturated carbocycles. The van der Waals surface area contributed by atoms with Crippen LogP contribution in [0.1, 0.15) is 23.7 Å². The summed E-state index contributed by atoms with van der Waals surface area (Å²) in [4.78, 5) is 0.128. The van der Waals surface area contributed by atoms with Crippen molar-refractivity contribution in [1.82, 2.24) is 9.78 Å². The van der Waals surface area contributed by atoms with E-state index in [1.807, 2.05) is 13.8 Å². The second kappa shape index (κ2) is 5.87. The van der Waals surface area contributed by atoms with Crippen molar-refractivity contribution in [3.05, 3.63) is 41.2 Å². The highest BCUT2D eigenvalue weighted by Gasteiger charge is 2.18. The maximum absolute atomic E-state index is 12.4. The van der Waals surface area contributed by atoms with Crippen LogP contribution in [0.15, 0.2) is 29.3 Å². The second-order valence-corrected chi connectivity index (χ2v) is 6.55. The molecule has 7 heteroatoms. The summed E-state index contributed by atoms with van der Waals surface area (Å²) < 4.78 is 29.0. The average molecular weight is 309 g/mol. The number of anilines is 1. The molecule has 2 aromatic rings. The quantitative estimate of drug-likeness (QED) is 0.878. The molecule has 0 unspecified atom stereocenters. The molecule has 0 spiro atoms. The molecule has 2 rings (SSSR count). The minimum Gasteiger partial charge on any atom is -0.392 e. The fourth-order valence-corrected chi connectivity index (χ4v) is 3.19. The van der Waals surface area contributed by atoms with E-state index in [1.165, 1.54) is 12.1 Å². The number of nitrogens with zero attached hydrogens (tertiary/aromatic N) is 2. The van der Waals surface area contributed by atoms with Crippen molar-refractivity contribution in [3.8, 4) is 0 Å². The molecule has 0 atom stereocenters. The summed E-state index contributed by atoms with van der Waals surface area (Å²) in [7, 11) is -1.95. The van der Waals surface area contributed by atoms with Crippen molar-refractivity contribution in [2.24, 2.45) is 7.05 Å². The summed E-state index contributed by atoms with van der Waals surface area (Å²) in [6.45, 7) is 3.55. The number of benzene rings is 1. The lowest BCUT2D eigenvalue weighted by Gasteiger charge is -2.10. The third kappa shape index (κ3) is 3.25. The first-order valence-electron chi connectivity index (χ1n) is 6.63. The highest BCUT2D eigenvalue weighted by Crippen LogP contribution is 2.21. The molecular formula is C14H19N3O3S. The largest absolute Gasteiger partial charge is 0.392 e. The topological polar surface area (TPSA) is 84.2 Å². The third-order valence-electron chi connectivity index (χ3n) is 3.29. The molecule has 0 bridgehead atoms. The zero-order chi connectivity index (χ0) is 15.6.